The molecule has 3 N–H and O–H groups in total. The minimum absolute atomic E-state index is 0.0246. The summed E-state index contributed by atoms with van der Waals surface area (Å²) in [5.41, 5.74) is 0.642. The van der Waals surface area contributed by atoms with Crippen molar-refractivity contribution in [3.63, 3.8) is 0 Å². The standard InChI is InChI=1S/C20H17BrN2O4S/c1-26-12-7-8-16(24)15(10-12)22-20(28)23-19(25)14-9-11-5-3-4-6-13(11)17(21)18(14)27-2/h3-10,24H,1-2H3,(H2,22,23,25,28). The first kappa shape index (κ1) is 19.9. The predicted molar refractivity (Wildman–Crippen MR) is 117 cm³/mol. The molecule has 0 saturated heterocycles. The quantitative estimate of drug-likeness (QED) is 0.394. The fraction of sp³-hybridized carbons (Fsp3) is 0.100. The number of carbonyl (C=O) groups is 1. The van der Waals surface area contributed by atoms with E-state index in [4.69, 9.17) is 21.7 Å². The van der Waals surface area contributed by atoms with Crippen LogP contribution in [0.2, 0.25) is 0 Å². The maximum Gasteiger partial charge on any atom is 0.261 e. The smallest absolute Gasteiger partial charge is 0.261 e. The molecule has 0 radical (unpaired) electrons. The number of anilines is 1. The highest BCUT2D eigenvalue weighted by molar-refractivity contribution is 9.10. The van der Waals surface area contributed by atoms with E-state index in [-0.39, 0.29) is 10.9 Å². The lowest BCUT2D eigenvalue weighted by Gasteiger charge is -2.15. The van der Waals surface area contributed by atoms with Gasteiger partial charge in [0.15, 0.2) is 5.11 Å². The molecule has 0 spiro atoms. The molecule has 0 aliphatic carbocycles. The van der Waals surface area contributed by atoms with Gasteiger partial charge in [0.2, 0.25) is 0 Å². The number of hydrogen-bond acceptors (Lipinski definition) is 5. The Balaban J connectivity index is 1.86. The zero-order valence-corrected chi connectivity index (χ0v) is 17.5. The third-order valence-electron chi connectivity index (χ3n) is 4.07. The molecule has 144 valence electrons. The monoisotopic (exact) mass is 460 g/mol. The minimum Gasteiger partial charge on any atom is -0.506 e. The molecule has 0 atom stereocenters. The van der Waals surface area contributed by atoms with Crippen molar-refractivity contribution in [3.8, 4) is 17.2 Å². The SMILES string of the molecule is COc1ccc(O)c(NC(=S)NC(=O)c2cc3ccccc3c(Br)c2OC)c1. The van der Waals surface area contributed by atoms with Crippen LogP contribution < -0.4 is 20.1 Å². The minimum atomic E-state index is -0.441. The molecule has 3 rings (SSSR count). The molecule has 0 bridgehead atoms. The second-order valence-electron chi connectivity index (χ2n) is 5.78. The number of halogens is 1. The Hall–Kier alpha value is -2.84. The Morgan fingerprint density at radius 2 is 1.86 bits per heavy atom. The Morgan fingerprint density at radius 3 is 2.57 bits per heavy atom. The topological polar surface area (TPSA) is 79.8 Å². The molecule has 0 aromatic heterocycles. The first-order valence-electron chi connectivity index (χ1n) is 8.19. The molecule has 0 heterocycles. The number of hydrogen-bond donors (Lipinski definition) is 3. The lowest BCUT2D eigenvalue weighted by Crippen LogP contribution is -2.34. The number of phenols is 1. The van der Waals surface area contributed by atoms with Gasteiger partial charge in [-0.2, -0.15) is 0 Å². The van der Waals surface area contributed by atoms with Gasteiger partial charge in [0.25, 0.3) is 5.91 Å². The van der Waals surface area contributed by atoms with Crippen LogP contribution in [-0.2, 0) is 0 Å². The number of aromatic hydroxyl groups is 1. The van der Waals surface area contributed by atoms with Crippen molar-refractivity contribution in [1.29, 1.82) is 0 Å². The number of fused-ring (bicyclic) bond motifs is 1. The van der Waals surface area contributed by atoms with E-state index in [1.807, 2.05) is 24.3 Å². The predicted octanol–water partition coefficient (Wildman–Crippen LogP) is 4.45. The summed E-state index contributed by atoms with van der Waals surface area (Å²) in [7, 11) is 3.01. The molecular formula is C20H17BrN2O4S. The zero-order valence-electron chi connectivity index (χ0n) is 15.1. The summed E-state index contributed by atoms with van der Waals surface area (Å²) in [4.78, 5) is 12.8. The number of methoxy groups -OCH3 is 2. The van der Waals surface area contributed by atoms with Crippen LogP contribution in [0.1, 0.15) is 10.4 Å². The molecule has 0 aliphatic heterocycles. The van der Waals surface area contributed by atoms with E-state index in [0.29, 0.717) is 27.2 Å². The Bertz CT molecular complexity index is 1070. The van der Waals surface area contributed by atoms with Crippen molar-refractivity contribution >= 4 is 55.6 Å². The van der Waals surface area contributed by atoms with Crippen LogP contribution in [0.15, 0.2) is 53.0 Å². The fourth-order valence-electron chi connectivity index (χ4n) is 2.72. The summed E-state index contributed by atoms with van der Waals surface area (Å²) in [5.74, 6) is 0.476. The van der Waals surface area contributed by atoms with Crippen LogP contribution >= 0.6 is 28.1 Å². The molecule has 0 fully saturated rings. The highest BCUT2D eigenvalue weighted by atomic mass is 79.9. The second-order valence-corrected chi connectivity index (χ2v) is 6.99. The van der Waals surface area contributed by atoms with E-state index in [1.165, 1.54) is 20.3 Å². The molecule has 0 aliphatic rings. The number of phenolic OH excluding ortho intramolecular Hbond substituents is 1. The van der Waals surface area contributed by atoms with Gasteiger partial charge in [-0.05, 0) is 57.1 Å². The van der Waals surface area contributed by atoms with Crippen molar-refractivity contribution in [2.45, 2.75) is 0 Å². The molecule has 6 nitrogen and oxygen atoms in total. The molecule has 8 heteroatoms. The van der Waals surface area contributed by atoms with Crippen LogP contribution in [-0.4, -0.2) is 30.3 Å². The summed E-state index contributed by atoms with van der Waals surface area (Å²) in [5, 5.41) is 17.2. The average molecular weight is 461 g/mol. The van der Waals surface area contributed by atoms with E-state index in [2.05, 4.69) is 26.6 Å². The summed E-state index contributed by atoms with van der Waals surface area (Å²) in [6, 6.07) is 14.0. The van der Waals surface area contributed by atoms with Crippen molar-refractivity contribution in [2.24, 2.45) is 0 Å². The summed E-state index contributed by atoms with van der Waals surface area (Å²) in [6.07, 6.45) is 0. The maximum atomic E-state index is 12.8. The van der Waals surface area contributed by atoms with Gasteiger partial charge in [-0.3, -0.25) is 10.1 Å². The lowest BCUT2D eigenvalue weighted by molar-refractivity contribution is 0.0975. The third kappa shape index (κ3) is 4.02. The highest BCUT2D eigenvalue weighted by Crippen LogP contribution is 2.36. The summed E-state index contributed by atoms with van der Waals surface area (Å²) < 4.78 is 11.2. The second kappa shape index (κ2) is 8.45. The number of ether oxygens (including phenoxy) is 2. The molecular weight excluding hydrogens is 444 g/mol. The Labute approximate surface area is 175 Å². The van der Waals surface area contributed by atoms with Gasteiger partial charge in [0.05, 0.1) is 29.9 Å². The van der Waals surface area contributed by atoms with Gasteiger partial charge >= 0.3 is 0 Å². The summed E-state index contributed by atoms with van der Waals surface area (Å²) in [6.45, 7) is 0. The van der Waals surface area contributed by atoms with Crippen LogP contribution in [0.25, 0.3) is 10.8 Å². The molecule has 0 saturated carbocycles. The highest BCUT2D eigenvalue weighted by Gasteiger charge is 2.19. The van der Waals surface area contributed by atoms with E-state index in [9.17, 15) is 9.90 Å². The van der Waals surface area contributed by atoms with E-state index in [0.717, 1.165) is 10.8 Å². The number of carbonyl (C=O) groups excluding carboxylic acids is 1. The Morgan fingerprint density at radius 1 is 1.11 bits per heavy atom. The van der Waals surface area contributed by atoms with E-state index < -0.39 is 5.91 Å². The Kier molecular flexibility index (Phi) is 6.01. The van der Waals surface area contributed by atoms with Gasteiger partial charge in [-0.25, -0.2) is 0 Å². The first-order chi connectivity index (χ1) is 13.4. The van der Waals surface area contributed by atoms with E-state index >= 15 is 0 Å². The van der Waals surface area contributed by atoms with Gasteiger partial charge in [0.1, 0.15) is 17.2 Å². The van der Waals surface area contributed by atoms with Crippen molar-refractivity contribution in [3.05, 3.63) is 58.6 Å². The van der Waals surface area contributed by atoms with E-state index in [1.54, 1.807) is 18.2 Å². The van der Waals surface area contributed by atoms with Crippen LogP contribution in [0, 0.1) is 0 Å². The largest absolute Gasteiger partial charge is 0.506 e. The molecule has 28 heavy (non-hydrogen) atoms. The van der Waals surface area contributed by atoms with Gasteiger partial charge in [-0.15, -0.1) is 0 Å². The average Bonchev–Trinajstić information content (AvgIpc) is 2.69. The summed E-state index contributed by atoms with van der Waals surface area (Å²) >= 11 is 8.72. The molecule has 0 unspecified atom stereocenters. The van der Waals surface area contributed by atoms with Crippen molar-refractivity contribution in [1.82, 2.24) is 5.32 Å². The number of rotatable bonds is 4. The zero-order chi connectivity index (χ0) is 20.3. The van der Waals surface area contributed by atoms with Gasteiger partial charge in [-0.1, -0.05) is 24.3 Å². The number of thiocarbonyl (C=S) groups is 1. The maximum absolute atomic E-state index is 12.8. The number of nitrogens with one attached hydrogen (secondary N) is 2. The first-order valence-corrected chi connectivity index (χ1v) is 9.39. The third-order valence-corrected chi connectivity index (χ3v) is 5.06. The molecule has 3 aromatic rings. The fourth-order valence-corrected chi connectivity index (χ4v) is 3.66. The normalized spacial score (nSPS) is 10.4. The van der Waals surface area contributed by atoms with Gasteiger partial charge < -0.3 is 19.9 Å². The van der Waals surface area contributed by atoms with Crippen LogP contribution in [0.5, 0.6) is 17.2 Å². The number of benzene rings is 3. The van der Waals surface area contributed by atoms with Crippen molar-refractivity contribution in [2.75, 3.05) is 19.5 Å². The lowest BCUT2D eigenvalue weighted by atomic mass is 10.1. The van der Waals surface area contributed by atoms with Crippen molar-refractivity contribution < 1.29 is 19.4 Å². The van der Waals surface area contributed by atoms with Crippen LogP contribution in [0.3, 0.4) is 0 Å². The van der Waals surface area contributed by atoms with Crippen LogP contribution in [0.4, 0.5) is 5.69 Å². The molecule has 1 amide bonds. The number of amides is 1. The van der Waals surface area contributed by atoms with Gasteiger partial charge in [0, 0.05) is 6.07 Å². The molecule has 3 aromatic carbocycles.